The maximum Gasteiger partial charge on any atom is 0.319 e. The zero-order valence-electron chi connectivity index (χ0n) is 18.5. The van der Waals surface area contributed by atoms with Crippen LogP contribution >= 0.6 is 0 Å². The van der Waals surface area contributed by atoms with Crippen molar-refractivity contribution >= 4 is 29.0 Å². The molecule has 0 unspecified atom stereocenters. The Hall–Kier alpha value is -4.17. The molecule has 33 heavy (non-hydrogen) atoms. The lowest BCUT2D eigenvalue weighted by atomic mass is 10.1. The van der Waals surface area contributed by atoms with E-state index in [4.69, 9.17) is 4.74 Å². The van der Waals surface area contributed by atoms with Crippen LogP contribution in [0.25, 0.3) is 28.0 Å². The summed E-state index contributed by atoms with van der Waals surface area (Å²) in [6.07, 6.45) is 3.80. The van der Waals surface area contributed by atoms with Gasteiger partial charge in [-0.2, -0.15) is 0 Å². The Labute approximate surface area is 191 Å². The molecule has 0 saturated carbocycles. The van der Waals surface area contributed by atoms with Crippen LogP contribution in [-0.4, -0.2) is 41.6 Å². The molecular weight excluding hydrogens is 418 g/mol. The van der Waals surface area contributed by atoms with Gasteiger partial charge in [-0.05, 0) is 54.4 Å². The molecule has 168 valence electrons. The summed E-state index contributed by atoms with van der Waals surface area (Å²) in [5.74, 6) is -0.193. The van der Waals surface area contributed by atoms with E-state index >= 15 is 0 Å². The average Bonchev–Trinajstić information content (AvgIpc) is 3.23. The molecule has 4 aromatic rings. The fourth-order valence-corrected chi connectivity index (χ4v) is 3.54. The van der Waals surface area contributed by atoms with Gasteiger partial charge in [0.25, 0.3) is 0 Å². The zero-order valence-corrected chi connectivity index (χ0v) is 18.5. The van der Waals surface area contributed by atoms with Crippen LogP contribution < -0.4 is 16.0 Å². The first kappa shape index (κ1) is 22.0. The Bertz CT molecular complexity index is 1280. The maximum atomic E-state index is 11.8. The number of urea groups is 1. The first-order valence-corrected chi connectivity index (χ1v) is 10.6. The van der Waals surface area contributed by atoms with E-state index in [2.05, 4.69) is 20.9 Å². The molecule has 0 saturated heterocycles. The minimum atomic E-state index is -0.235. The van der Waals surface area contributed by atoms with Crippen molar-refractivity contribution in [2.24, 2.45) is 0 Å². The summed E-state index contributed by atoms with van der Waals surface area (Å²) in [4.78, 5) is 28.1. The molecule has 2 heterocycles. The number of imidazole rings is 1. The number of pyridine rings is 1. The number of nitrogens with one attached hydrogen (secondary N) is 3. The van der Waals surface area contributed by atoms with Crippen molar-refractivity contribution in [1.82, 2.24) is 14.7 Å². The van der Waals surface area contributed by atoms with Crippen LogP contribution in [0.3, 0.4) is 0 Å². The average molecular weight is 444 g/mol. The predicted octanol–water partition coefficient (Wildman–Crippen LogP) is 4.39. The summed E-state index contributed by atoms with van der Waals surface area (Å²) in [6.45, 7) is 2.45. The normalized spacial score (nSPS) is 10.7. The van der Waals surface area contributed by atoms with E-state index in [1.54, 1.807) is 0 Å². The number of nitrogens with zero attached hydrogens (tertiary/aromatic N) is 2. The highest BCUT2D eigenvalue weighted by molar-refractivity contribution is 5.92. The molecule has 0 atom stereocenters. The first-order valence-electron chi connectivity index (χ1n) is 10.6. The van der Waals surface area contributed by atoms with Gasteiger partial charge in [0.1, 0.15) is 12.3 Å². The predicted molar refractivity (Wildman–Crippen MR) is 129 cm³/mol. The van der Waals surface area contributed by atoms with E-state index in [-0.39, 0.29) is 18.5 Å². The van der Waals surface area contributed by atoms with Crippen molar-refractivity contribution in [3.63, 3.8) is 0 Å². The van der Waals surface area contributed by atoms with Crippen LogP contribution in [0.5, 0.6) is 0 Å². The minimum absolute atomic E-state index is 0.0194. The fraction of sp³-hybridized carbons (Fsp3) is 0.160. The van der Waals surface area contributed by atoms with E-state index in [1.807, 2.05) is 84.4 Å². The van der Waals surface area contributed by atoms with E-state index in [1.165, 1.54) is 7.11 Å². The van der Waals surface area contributed by atoms with Gasteiger partial charge in [-0.25, -0.2) is 9.78 Å². The Kier molecular flexibility index (Phi) is 6.66. The summed E-state index contributed by atoms with van der Waals surface area (Å²) in [6, 6.07) is 19.1. The number of aromatic nitrogens is 2. The monoisotopic (exact) mass is 443 g/mol. The Morgan fingerprint density at radius 3 is 2.52 bits per heavy atom. The zero-order chi connectivity index (χ0) is 23.2. The quantitative estimate of drug-likeness (QED) is 0.395. The second-order valence-corrected chi connectivity index (χ2v) is 7.41. The molecule has 3 N–H and O–H groups in total. The van der Waals surface area contributed by atoms with Gasteiger partial charge in [-0.3, -0.25) is 9.20 Å². The number of anilines is 2. The summed E-state index contributed by atoms with van der Waals surface area (Å²) in [7, 11) is 1.49. The molecule has 3 amide bonds. The van der Waals surface area contributed by atoms with Crippen molar-refractivity contribution in [3.05, 3.63) is 73.1 Å². The van der Waals surface area contributed by atoms with Crippen molar-refractivity contribution in [3.8, 4) is 22.4 Å². The Morgan fingerprint density at radius 2 is 1.76 bits per heavy atom. The van der Waals surface area contributed by atoms with Gasteiger partial charge in [0.15, 0.2) is 0 Å². The molecule has 4 rings (SSSR count). The SMILES string of the molecule is CCNC(=O)Nc1cccc(-c2cnc3cc(-c4ccc(NC(=O)COC)cc4)ccn23)c1. The van der Waals surface area contributed by atoms with E-state index in [0.29, 0.717) is 17.9 Å². The van der Waals surface area contributed by atoms with Gasteiger partial charge < -0.3 is 20.7 Å². The third-order valence-corrected chi connectivity index (χ3v) is 5.04. The molecule has 0 radical (unpaired) electrons. The van der Waals surface area contributed by atoms with Crippen LogP contribution in [0.4, 0.5) is 16.2 Å². The smallest absolute Gasteiger partial charge is 0.319 e. The molecule has 0 spiro atoms. The number of amides is 3. The molecular formula is C25H25N5O3. The molecule has 0 aliphatic carbocycles. The molecule has 0 bridgehead atoms. The lowest BCUT2D eigenvalue weighted by molar-refractivity contribution is -0.119. The highest BCUT2D eigenvalue weighted by Gasteiger charge is 2.09. The number of methoxy groups -OCH3 is 1. The van der Waals surface area contributed by atoms with Gasteiger partial charge in [0, 0.05) is 36.8 Å². The second-order valence-electron chi connectivity index (χ2n) is 7.41. The summed E-state index contributed by atoms with van der Waals surface area (Å²) < 4.78 is 6.84. The standard InChI is InChI=1S/C25H25N5O3/c1-3-26-25(32)29-21-6-4-5-19(13-21)22-15-27-23-14-18(11-12-30(22)23)17-7-9-20(10-8-17)28-24(31)16-33-2/h4-15H,3,16H2,1-2H3,(H,28,31)(H2,26,29,32). The third kappa shape index (κ3) is 5.19. The van der Waals surface area contributed by atoms with Crippen LogP contribution in [0.2, 0.25) is 0 Å². The number of ether oxygens (including phenoxy) is 1. The maximum absolute atomic E-state index is 11.8. The molecule has 0 aliphatic rings. The summed E-state index contributed by atoms with van der Waals surface area (Å²) in [5, 5.41) is 8.34. The summed E-state index contributed by atoms with van der Waals surface area (Å²) >= 11 is 0. The van der Waals surface area contributed by atoms with Gasteiger partial charge >= 0.3 is 6.03 Å². The number of carbonyl (C=O) groups excluding carboxylic acids is 2. The highest BCUT2D eigenvalue weighted by Crippen LogP contribution is 2.27. The van der Waals surface area contributed by atoms with Crippen molar-refractivity contribution in [2.75, 3.05) is 30.9 Å². The van der Waals surface area contributed by atoms with Crippen molar-refractivity contribution in [1.29, 1.82) is 0 Å². The van der Waals surface area contributed by atoms with E-state index < -0.39 is 0 Å². The van der Waals surface area contributed by atoms with Crippen LogP contribution in [0, 0.1) is 0 Å². The van der Waals surface area contributed by atoms with Crippen LogP contribution in [0.15, 0.2) is 73.1 Å². The number of rotatable bonds is 7. The number of fused-ring (bicyclic) bond motifs is 1. The first-order chi connectivity index (χ1) is 16.1. The number of hydrogen-bond acceptors (Lipinski definition) is 4. The van der Waals surface area contributed by atoms with Gasteiger partial charge in [0.05, 0.1) is 11.9 Å². The van der Waals surface area contributed by atoms with Crippen LogP contribution in [0.1, 0.15) is 6.92 Å². The van der Waals surface area contributed by atoms with E-state index in [0.717, 1.165) is 28.0 Å². The third-order valence-electron chi connectivity index (χ3n) is 5.04. The van der Waals surface area contributed by atoms with Gasteiger partial charge in [-0.1, -0.05) is 24.3 Å². The highest BCUT2D eigenvalue weighted by atomic mass is 16.5. The molecule has 2 aromatic heterocycles. The number of carbonyl (C=O) groups is 2. The largest absolute Gasteiger partial charge is 0.375 e. The molecule has 0 aliphatic heterocycles. The lowest BCUT2D eigenvalue weighted by Crippen LogP contribution is -2.28. The Morgan fingerprint density at radius 1 is 0.939 bits per heavy atom. The lowest BCUT2D eigenvalue weighted by Gasteiger charge is -2.09. The summed E-state index contributed by atoms with van der Waals surface area (Å²) in [5.41, 5.74) is 6.13. The van der Waals surface area contributed by atoms with Crippen molar-refractivity contribution in [2.45, 2.75) is 6.92 Å². The minimum Gasteiger partial charge on any atom is -0.375 e. The molecule has 8 heteroatoms. The van der Waals surface area contributed by atoms with Crippen LogP contribution in [-0.2, 0) is 9.53 Å². The number of benzene rings is 2. The second kappa shape index (κ2) is 9.97. The topological polar surface area (TPSA) is 96.8 Å². The van der Waals surface area contributed by atoms with Crippen molar-refractivity contribution < 1.29 is 14.3 Å². The molecule has 8 nitrogen and oxygen atoms in total. The molecule has 2 aromatic carbocycles. The fourth-order valence-electron chi connectivity index (χ4n) is 3.54. The van der Waals surface area contributed by atoms with E-state index in [9.17, 15) is 9.59 Å². The van der Waals surface area contributed by atoms with Gasteiger partial charge in [-0.15, -0.1) is 0 Å². The Balaban J connectivity index is 1.56. The molecule has 0 fully saturated rings. The number of hydrogen-bond donors (Lipinski definition) is 3. The van der Waals surface area contributed by atoms with Gasteiger partial charge in [0.2, 0.25) is 5.91 Å².